The Morgan fingerprint density at radius 1 is 1.11 bits per heavy atom. The molecule has 1 unspecified atom stereocenters. The Kier molecular flexibility index (Phi) is 4.35. The number of nitrogens with one attached hydrogen (secondary N) is 1. The lowest BCUT2D eigenvalue weighted by Gasteiger charge is -2.12. The van der Waals surface area contributed by atoms with Gasteiger partial charge in [-0.05, 0) is 36.5 Å². The van der Waals surface area contributed by atoms with Crippen molar-refractivity contribution >= 4 is 5.82 Å². The summed E-state index contributed by atoms with van der Waals surface area (Å²) in [5, 5.41) is 3.36. The van der Waals surface area contributed by atoms with E-state index in [4.69, 9.17) is 0 Å². The van der Waals surface area contributed by atoms with Gasteiger partial charge in [-0.1, -0.05) is 43.3 Å². The number of benzene rings is 1. The molecule has 0 aliphatic rings. The largest absolute Gasteiger partial charge is 0.370 e. The molecule has 0 fully saturated rings. The van der Waals surface area contributed by atoms with Crippen LogP contribution in [0.4, 0.5) is 5.82 Å². The van der Waals surface area contributed by atoms with Crippen LogP contribution >= 0.6 is 0 Å². The Bertz CT molecular complexity index is 462. The molecule has 1 atom stereocenters. The normalized spacial score (nSPS) is 12.1. The van der Waals surface area contributed by atoms with E-state index in [9.17, 15) is 0 Å². The molecule has 2 aromatic rings. The Balaban J connectivity index is 1.80. The minimum Gasteiger partial charge on any atom is -0.370 e. The molecule has 94 valence electrons. The SMILES string of the molecule is Cc1ccc(NCCC(C)c2ccccc2)nc1. The number of hydrogen-bond donors (Lipinski definition) is 1. The lowest BCUT2D eigenvalue weighted by atomic mass is 9.98. The molecule has 0 saturated carbocycles. The average Bonchev–Trinajstić information content (AvgIpc) is 2.42. The van der Waals surface area contributed by atoms with Crippen LogP contribution in [0.1, 0.15) is 30.4 Å². The first-order valence-electron chi connectivity index (χ1n) is 6.47. The van der Waals surface area contributed by atoms with Gasteiger partial charge in [0.25, 0.3) is 0 Å². The first kappa shape index (κ1) is 12.6. The fraction of sp³-hybridized carbons (Fsp3) is 0.312. The molecule has 2 rings (SSSR count). The Hall–Kier alpha value is -1.83. The van der Waals surface area contributed by atoms with Gasteiger partial charge in [-0.15, -0.1) is 0 Å². The summed E-state index contributed by atoms with van der Waals surface area (Å²) >= 11 is 0. The second-order valence-corrected chi connectivity index (χ2v) is 4.75. The Morgan fingerprint density at radius 3 is 2.56 bits per heavy atom. The highest BCUT2D eigenvalue weighted by Crippen LogP contribution is 2.18. The number of aromatic nitrogens is 1. The molecular weight excluding hydrogens is 220 g/mol. The van der Waals surface area contributed by atoms with Crippen LogP contribution in [-0.4, -0.2) is 11.5 Å². The van der Waals surface area contributed by atoms with Gasteiger partial charge < -0.3 is 5.32 Å². The molecule has 0 spiro atoms. The van der Waals surface area contributed by atoms with E-state index < -0.39 is 0 Å². The minimum atomic E-state index is 0.573. The van der Waals surface area contributed by atoms with E-state index >= 15 is 0 Å². The summed E-state index contributed by atoms with van der Waals surface area (Å²) in [6.45, 7) is 5.26. The van der Waals surface area contributed by atoms with Crippen LogP contribution in [0.3, 0.4) is 0 Å². The molecule has 0 bridgehead atoms. The van der Waals surface area contributed by atoms with Crippen LogP contribution in [0, 0.1) is 6.92 Å². The van der Waals surface area contributed by atoms with Gasteiger partial charge in [0.1, 0.15) is 5.82 Å². The van der Waals surface area contributed by atoms with E-state index in [0.717, 1.165) is 18.8 Å². The van der Waals surface area contributed by atoms with Gasteiger partial charge in [0.2, 0.25) is 0 Å². The quantitative estimate of drug-likeness (QED) is 0.854. The Labute approximate surface area is 109 Å². The molecule has 0 aliphatic carbocycles. The smallest absolute Gasteiger partial charge is 0.125 e. The van der Waals surface area contributed by atoms with E-state index in [1.165, 1.54) is 11.1 Å². The van der Waals surface area contributed by atoms with Gasteiger partial charge in [0.05, 0.1) is 0 Å². The molecule has 0 radical (unpaired) electrons. The molecule has 0 aliphatic heterocycles. The molecule has 1 aromatic carbocycles. The third-order valence-corrected chi connectivity index (χ3v) is 3.16. The summed E-state index contributed by atoms with van der Waals surface area (Å²) in [6.07, 6.45) is 3.00. The highest BCUT2D eigenvalue weighted by molar-refractivity contribution is 5.35. The van der Waals surface area contributed by atoms with E-state index in [1.54, 1.807) is 0 Å². The van der Waals surface area contributed by atoms with Crippen molar-refractivity contribution in [3.63, 3.8) is 0 Å². The van der Waals surface area contributed by atoms with Crippen molar-refractivity contribution in [3.8, 4) is 0 Å². The van der Waals surface area contributed by atoms with Crippen molar-refractivity contribution in [3.05, 3.63) is 59.8 Å². The predicted octanol–water partition coefficient (Wildman–Crippen LogP) is 4.00. The highest BCUT2D eigenvalue weighted by atomic mass is 15.0. The van der Waals surface area contributed by atoms with Crippen LogP contribution in [0.25, 0.3) is 0 Å². The average molecular weight is 240 g/mol. The van der Waals surface area contributed by atoms with Crippen LogP contribution in [0.15, 0.2) is 48.7 Å². The summed E-state index contributed by atoms with van der Waals surface area (Å²) in [5.41, 5.74) is 2.59. The summed E-state index contributed by atoms with van der Waals surface area (Å²) in [5.74, 6) is 1.53. The van der Waals surface area contributed by atoms with Crippen molar-refractivity contribution in [1.82, 2.24) is 4.98 Å². The molecule has 1 heterocycles. The summed E-state index contributed by atoms with van der Waals surface area (Å²) < 4.78 is 0. The molecule has 1 N–H and O–H groups in total. The van der Waals surface area contributed by atoms with E-state index in [2.05, 4.69) is 53.6 Å². The zero-order valence-electron chi connectivity index (χ0n) is 11.1. The predicted molar refractivity (Wildman–Crippen MR) is 76.9 cm³/mol. The number of anilines is 1. The number of aryl methyl sites for hydroxylation is 1. The van der Waals surface area contributed by atoms with Crippen molar-refractivity contribution in [2.45, 2.75) is 26.2 Å². The standard InChI is InChI=1S/C16H20N2/c1-13-8-9-16(18-12-13)17-11-10-14(2)15-6-4-3-5-7-15/h3-9,12,14H,10-11H2,1-2H3,(H,17,18). The second-order valence-electron chi connectivity index (χ2n) is 4.75. The number of nitrogens with zero attached hydrogens (tertiary/aromatic N) is 1. The van der Waals surface area contributed by atoms with Gasteiger partial charge in [0, 0.05) is 12.7 Å². The first-order chi connectivity index (χ1) is 8.75. The maximum absolute atomic E-state index is 4.34. The summed E-state index contributed by atoms with van der Waals surface area (Å²) in [4.78, 5) is 4.34. The van der Waals surface area contributed by atoms with Crippen LogP contribution in [0.2, 0.25) is 0 Å². The van der Waals surface area contributed by atoms with Gasteiger partial charge in [-0.2, -0.15) is 0 Å². The molecule has 0 saturated heterocycles. The Morgan fingerprint density at radius 2 is 1.89 bits per heavy atom. The fourth-order valence-electron chi connectivity index (χ4n) is 1.94. The van der Waals surface area contributed by atoms with Gasteiger partial charge in [0.15, 0.2) is 0 Å². The molecule has 2 nitrogen and oxygen atoms in total. The molecular formula is C16H20N2. The minimum absolute atomic E-state index is 0.573. The van der Waals surface area contributed by atoms with Crippen molar-refractivity contribution in [1.29, 1.82) is 0 Å². The lowest BCUT2D eigenvalue weighted by Crippen LogP contribution is -2.07. The molecule has 18 heavy (non-hydrogen) atoms. The van der Waals surface area contributed by atoms with Crippen molar-refractivity contribution in [2.75, 3.05) is 11.9 Å². The summed E-state index contributed by atoms with van der Waals surface area (Å²) in [7, 11) is 0. The van der Waals surface area contributed by atoms with Crippen molar-refractivity contribution in [2.24, 2.45) is 0 Å². The molecule has 1 aromatic heterocycles. The zero-order chi connectivity index (χ0) is 12.8. The van der Waals surface area contributed by atoms with Gasteiger partial charge in [-0.25, -0.2) is 4.98 Å². The first-order valence-corrected chi connectivity index (χ1v) is 6.47. The fourth-order valence-corrected chi connectivity index (χ4v) is 1.94. The zero-order valence-corrected chi connectivity index (χ0v) is 11.1. The van der Waals surface area contributed by atoms with E-state index in [1.807, 2.05) is 19.2 Å². The molecule has 2 heteroatoms. The van der Waals surface area contributed by atoms with Gasteiger partial charge in [-0.3, -0.25) is 0 Å². The van der Waals surface area contributed by atoms with Crippen molar-refractivity contribution < 1.29 is 0 Å². The second kappa shape index (κ2) is 6.20. The maximum Gasteiger partial charge on any atom is 0.125 e. The summed E-state index contributed by atoms with van der Waals surface area (Å²) in [6, 6.07) is 14.7. The van der Waals surface area contributed by atoms with Crippen LogP contribution in [0.5, 0.6) is 0 Å². The molecule has 0 amide bonds. The number of rotatable bonds is 5. The third-order valence-electron chi connectivity index (χ3n) is 3.16. The third kappa shape index (κ3) is 3.59. The highest BCUT2D eigenvalue weighted by Gasteiger charge is 2.04. The van der Waals surface area contributed by atoms with Crippen LogP contribution in [-0.2, 0) is 0 Å². The van der Waals surface area contributed by atoms with E-state index in [0.29, 0.717) is 5.92 Å². The lowest BCUT2D eigenvalue weighted by molar-refractivity contribution is 0.705. The van der Waals surface area contributed by atoms with Gasteiger partial charge >= 0.3 is 0 Å². The monoisotopic (exact) mass is 240 g/mol. The number of pyridine rings is 1. The maximum atomic E-state index is 4.34. The van der Waals surface area contributed by atoms with E-state index in [-0.39, 0.29) is 0 Å². The topological polar surface area (TPSA) is 24.9 Å². The van der Waals surface area contributed by atoms with Crippen LogP contribution < -0.4 is 5.32 Å². The number of hydrogen-bond acceptors (Lipinski definition) is 2.